The minimum atomic E-state index is -0.316. The number of ether oxygens (including phenoxy) is 4. The molecule has 0 saturated heterocycles. The summed E-state index contributed by atoms with van der Waals surface area (Å²) in [6.07, 6.45) is 2.95. The number of fused-ring (bicyclic) bond motifs is 5. The van der Waals surface area contributed by atoms with E-state index in [0.29, 0.717) is 18.0 Å². The van der Waals surface area contributed by atoms with Crippen molar-refractivity contribution in [2.24, 2.45) is 4.99 Å². The highest BCUT2D eigenvalue weighted by Gasteiger charge is 2.28. The molecule has 35 heavy (non-hydrogen) atoms. The minimum absolute atomic E-state index is 0.156. The van der Waals surface area contributed by atoms with E-state index in [1.807, 2.05) is 42.5 Å². The third-order valence-corrected chi connectivity index (χ3v) is 6.42. The number of rotatable bonds is 6. The summed E-state index contributed by atoms with van der Waals surface area (Å²) in [4.78, 5) is 4.14. The van der Waals surface area contributed by atoms with E-state index in [0.717, 1.165) is 52.1 Å². The van der Waals surface area contributed by atoms with Gasteiger partial charge in [-0.3, -0.25) is 4.99 Å². The molecule has 0 bridgehead atoms. The molecule has 0 spiro atoms. The number of nitrogens with zero attached hydrogens (tertiary/aromatic N) is 2. The minimum Gasteiger partial charge on any atom is -0.860 e. The molecule has 7 heteroatoms. The van der Waals surface area contributed by atoms with E-state index >= 15 is 0 Å². The van der Waals surface area contributed by atoms with Crippen molar-refractivity contribution >= 4 is 16.7 Å². The fraction of sp³-hybridized carbons (Fsp3) is 0.214. The Balaban J connectivity index is 1.33. The lowest BCUT2D eigenvalue weighted by molar-refractivity contribution is -0.686. The van der Waals surface area contributed by atoms with Gasteiger partial charge in [-0.1, -0.05) is 30.3 Å². The predicted octanol–water partition coefficient (Wildman–Crippen LogP) is 3.43. The SMILES string of the molecule is COc1ccc2cc3[n+](cc2c1OCC([O-])=NCc1ccccc1)CCc1cc2c(cc1-3)OCO2. The van der Waals surface area contributed by atoms with Crippen molar-refractivity contribution in [3.05, 3.63) is 78.0 Å². The predicted molar refractivity (Wildman–Crippen MR) is 129 cm³/mol. The van der Waals surface area contributed by atoms with Gasteiger partial charge in [-0.2, -0.15) is 4.57 Å². The van der Waals surface area contributed by atoms with Crippen LogP contribution in [-0.4, -0.2) is 26.4 Å². The van der Waals surface area contributed by atoms with Crippen LogP contribution in [0.5, 0.6) is 23.0 Å². The normalized spacial score (nSPS) is 13.9. The van der Waals surface area contributed by atoms with E-state index in [1.54, 1.807) is 7.11 Å². The van der Waals surface area contributed by atoms with Gasteiger partial charge in [0.2, 0.25) is 12.5 Å². The maximum atomic E-state index is 12.4. The zero-order valence-electron chi connectivity index (χ0n) is 19.3. The molecule has 4 aromatic rings. The Morgan fingerprint density at radius 3 is 2.71 bits per heavy atom. The Bertz CT molecular complexity index is 1450. The molecule has 176 valence electrons. The summed E-state index contributed by atoms with van der Waals surface area (Å²) in [6.45, 7) is 1.25. The molecular weight excluding hydrogens is 444 g/mol. The number of pyridine rings is 1. The molecule has 2 aliphatic heterocycles. The van der Waals surface area contributed by atoms with E-state index in [-0.39, 0.29) is 19.3 Å². The summed E-state index contributed by atoms with van der Waals surface area (Å²) in [6, 6.07) is 19.8. The fourth-order valence-corrected chi connectivity index (χ4v) is 4.65. The first-order valence-electron chi connectivity index (χ1n) is 11.5. The van der Waals surface area contributed by atoms with Gasteiger partial charge < -0.3 is 24.1 Å². The molecule has 0 fully saturated rings. The molecule has 0 unspecified atom stereocenters. The van der Waals surface area contributed by atoms with Gasteiger partial charge in [0.1, 0.15) is 6.61 Å². The molecule has 0 amide bonds. The number of benzene rings is 3. The zero-order valence-corrected chi connectivity index (χ0v) is 19.3. The molecular formula is C28H24N2O5. The zero-order chi connectivity index (χ0) is 23.8. The maximum absolute atomic E-state index is 12.4. The summed E-state index contributed by atoms with van der Waals surface area (Å²) >= 11 is 0. The van der Waals surface area contributed by atoms with Gasteiger partial charge in [0.05, 0.1) is 24.6 Å². The first-order chi connectivity index (χ1) is 17.2. The second-order valence-corrected chi connectivity index (χ2v) is 8.55. The topological polar surface area (TPSA) is 76.2 Å². The van der Waals surface area contributed by atoms with Crippen molar-refractivity contribution in [3.63, 3.8) is 0 Å². The molecule has 3 aromatic carbocycles. The van der Waals surface area contributed by atoms with Crippen molar-refractivity contribution in [2.75, 3.05) is 20.5 Å². The Morgan fingerprint density at radius 1 is 1.06 bits per heavy atom. The molecule has 0 N–H and O–H groups in total. The smallest absolute Gasteiger partial charge is 0.231 e. The summed E-state index contributed by atoms with van der Waals surface area (Å²) in [5.41, 5.74) is 4.45. The van der Waals surface area contributed by atoms with E-state index < -0.39 is 0 Å². The van der Waals surface area contributed by atoms with Crippen molar-refractivity contribution in [3.8, 4) is 34.3 Å². The molecule has 1 aromatic heterocycles. The van der Waals surface area contributed by atoms with Crippen LogP contribution in [0.3, 0.4) is 0 Å². The lowest BCUT2D eigenvalue weighted by Crippen LogP contribution is -2.40. The van der Waals surface area contributed by atoms with Gasteiger partial charge in [-0.15, -0.1) is 0 Å². The average Bonchev–Trinajstić information content (AvgIpc) is 3.36. The number of hydrogen-bond acceptors (Lipinski definition) is 6. The van der Waals surface area contributed by atoms with Crippen LogP contribution in [0, 0.1) is 0 Å². The summed E-state index contributed by atoms with van der Waals surface area (Å²) in [5, 5.41) is 14.3. The Labute approximate surface area is 202 Å². The van der Waals surface area contributed by atoms with Crippen molar-refractivity contribution in [1.29, 1.82) is 0 Å². The van der Waals surface area contributed by atoms with Crippen molar-refractivity contribution < 1.29 is 28.6 Å². The van der Waals surface area contributed by atoms with Gasteiger partial charge >= 0.3 is 0 Å². The molecule has 3 heterocycles. The number of aryl methyl sites for hydroxylation is 2. The Hall–Kier alpha value is -4.26. The van der Waals surface area contributed by atoms with Crippen LogP contribution in [0.4, 0.5) is 0 Å². The highest BCUT2D eigenvalue weighted by molar-refractivity contribution is 5.92. The molecule has 7 nitrogen and oxygen atoms in total. The largest absolute Gasteiger partial charge is 0.860 e. The van der Waals surface area contributed by atoms with Crippen molar-refractivity contribution in [2.45, 2.75) is 19.5 Å². The molecule has 0 saturated carbocycles. The monoisotopic (exact) mass is 468 g/mol. The van der Waals surface area contributed by atoms with E-state index in [1.165, 1.54) is 5.56 Å². The van der Waals surface area contributed by atoms with E-state index in [2.05, 4.69) is 34.0 Å². The third kappa shape index (κ3) is 3.99. The van der Waals surface area contributed by atoms with Crippen LogP contribution in [-0.2, 0) is 19.5 Å². The van der Waals surface area contributed by atoms with Gasteiger partial charge in [-0.25, -0.2) is 0 Å². The van der Waals surface area contributed by atoms with Crippen LogP contribution < -0.4 is 28.6 Å². The standard InChI is InChI=1S/C28H24N2O5/c1-32-24-8-7-19-11-23-21-13-26-25(34-17-35-26)12-20(21)9-10-30(23)15-22(19)28(24)33-16-27(31)29-14-18-5-3-2-4-6-18/h2-8,11-13,15H,9-10,14,16-17H2,1H3. The highest BCUT2D eigenvalue weighted by atomic mass is 16.7. The molecule has 2 aliphatic rings. The number of aromatic nitrogens is 1. The second kappa shape index (κ2) is 8.83. The highest BCUT2D eigenvalue weighted by Crippen LogP contribution is 2.41. The second-order valence-electron chi connectivity index (χ2n) is 8.55. The summed E-state index contributed by atoms with van der Waals surface area (Å²) in [5.74, 6) is 2.38. The number of aliphatic imine (C=N–C) groups is 1. The molecule has 0 aliphatic carbocycles. The maximum Gasteiger partial charge on any atom is 0.231 e. The van der Waals surface area contributed by atoms with Crippen LogP contribution in [0.15, 0.2) is 71.9 Å². The summed E-state index contributed by atoms with van der Waals surface area (Å²) < 4.78 is 24.9. The first-order valence-corrected chi connectivity index (χ1v) is 11.5. The van der Waals surface area contributed by atoms with Crippen LogP contribution in [0.1, 0.15) is 11.1 Å². The third-order valence-electron chi connectivity index (χ3n) is 6.42. The lowest BCUT2D eigenvalue weighted by atomic mass is 9.95. The lowest BCUT2D eigenvalue weighted by Gasteiger charge is -2.19. The molecule has 6 rings (SSSR count). The van der Waals surface area contributed by atoms with E-state index in [4.69, 9.17) is 18.9 Å². The van der Waals surface area contributed by atoms with Crippen LogP contribution in [0.2, 0.25) is 0 Å². The quantitative estimate of drug-likeness (QED) is 0.246. The summed E-state index contributed by atoms with van der Waals surface area (Å²) in [7, 11) is 1.60. The van der Waals surface area contributed by atoms with Gasteiger partial charge in [0.25, 0.3) is 0 Å². The average molecular weight is 469 g/mol. The first kappa shape index (κ1) is 21.3. The van der Waals surface area contributed by atoms with Gasteiger partial charge in [0, 0.05) is 12.5 Å². The fourth-order valence-electron chi connectivity index (χ4n) is 4.65. The van der Waals surface area contributed by atoms with Gasteiger partial charge in [0.15, 0.2) is 35.7 Å². The number of hydrogen-bond donors (Lipinski definition) is 0. The number of methoxy groups -OCH3 is 1. The molecule has 0 atom stereocenters. The van der Waals surface area contributed by atoms with E-state index in [9.17, 15) is 5.11 Å². The molecule has 0 radical (unpaired) electrons. The van der Waals surface area contributed by atoms with Crippen molar-refractivity contribution in [1.82, 2.24) is 0 Å². The Morgan fingerprint density at radius 2 is 1.89 bits per heavy atom. The van der Waals surface area contributed by atoms with Crippen LogP contribution >= 0.6 is 0 Å². The Kier molecular flexibility index (Phi) is 5.37. The van der Waals surface area contributed by atoms with Gasteiger partial charge in [-0.05, 0) is 46.7 Å². The van der Waals surface area contributed by atoms with Crippen LogP contribution in [0.25, 0.3) is 22.0 Å².